The highest BCUT2D eigenvalue weighted by Crippen LogP contribution is 2.19. The number of likely N-dealkylation sites (tertiary alicyclic amines) is 1. The van der Waals surface area contributed by atoms with E-state index in [0.717, 1.165) is 31.6 Å². The zero-order valence-electron chi connectivity index (χ0n) is 12.9. The van der Waals surface area contributed by atoms with Crippen molar-refractivity contribution in [1.29, 1.82) is 0 Å². The fourth-order valence-corrected chi connectivity index (χ4v) is 2.53. The number of aryl methyl sites for hydroxylation is 1. The van der Waals surface area contributed by atoms with Gasteiger partial charge in [0.05, 0.1) is 6.61 Å². The summed E-state index contributed by atoms with van der Waals surface area (Å²) in [6.07, 6.45) is 6.53. The molecule has 112 valence electrons. The molecule has 2 heterocycles. The molecule has 1 N–H and O–H groups in total. The Balaban J connectivity index is 1.84. The fourth-order valence-electron chi connectivity index (χ4n) is 2.53. The minimum absolute atomic E-state index is 0.658. The molecule has 1 aromatic heterocycles. The molecule has 1 aliphatic heterocycles. The van der Waals surface area contributed by atoms with E-state index >= 15 is 0 Å². The normalized spacial score (nSPS) is 19.2. The molecular formula is C15H26N4O. The highest BCUT2D eigenvalue weighted by molar-refractivity contribution is 5.32. The van der Waals surface area contributed by atoms with Crippen LogP contribution < -0.4 is 10.1 Å². The molecule has 1 fully saturated rings. The van der Waals surface area contributed by atoms with E-state index in [1.54, 1.807) is 0 Å². The summed E-state index contributed by atoms with van der Waals surface area (Å²) >= 11 is 0. The Morgan fingerprint density at radius 1 is 1.50 bits per heavy atom. The van der Waals surface area contributed by atoms with E-state index in [2.05, 4.69) is 34.2 Å². The predicted octanol–water partition coefficient (Wildman–Crippen LogP) is 2.47. The minimum Gasteiger partial charge on any atom is -0.477 e. The number of ether oxygens (including phenoxy) is 1. The van der Waals surface area contributed by atoms with Crippen LogP contribution in [-0.2, 0) is 0 Å². The highest BCUT2D eigenvalue weighted by atomic mass is 16.5. The summed E-state index contributed by atoms with van der Waals surface area (Å²) in [5, 5.41) is 3.19. The van der Waals surface area contributed by atoms with Crippen LogP contribution in [0.1, 0.15) is 38.2 Å². The van der Waals surface area contributed by atoms with Gasteiger partial charge in [0.1, 0.15) is 0 Å². The van der Waals surface area contributed by atoms with Crippen LogP contribution in [0, 0.1) is 6.92 Å². The summed E-state index contributed by atoms with van der Waals surface area (Å²) in [7, 11) is 2.19. The molecule has 1 aliphatic rings. The zero-order chi connectivity index (χ0) is 14.4. The molecule has 0 spiro atoms. The molecule has 20 heavy (non-hydrogen) atoms. The standard InChI is InChI=1S/C15H26N4O/c1-4-8-16-15-17-11-12(2)14(18-15)20-10-7-13-6-5-9-19(13)3/h11,13H,4-10H2,1-3H3,(H,16,17,18). The number of rotatable bonds is 7. The first-order valence-corrected chi connectivity index (χ1v) is 7.61. The third-order valence-electron chi connectivity index (χ3n) is 3.82. The Morgan fingerprint density at radius 2 is 2.35 bits per heavy atom. The van der Waals surface area contributed by atoms with Crippen LogP contribution in [-0.4, -0.2) is 47.7 Å². The van der Waals surface area contributed by atoms with Gasteiger partial charge in [0, 0.05) is 24.3 Å². The van der Waals surface area contributed by atoms with Gasteiger partial charge in [-0.15, -0.1) is 0 Å². The Morgan fingerprint density at radius 3 is 3.05 bits per heavy atom. The Kier molecular flexibility index (Phi) is 5.59. The average Bonchev–Trinajstić information content (AvgIpc) is 2.85. The smallest absolute Gasteiger partial charge is 0.225 e. The first kappa shape index (κ1) is 15.0. The van der Waals surface area contributed by atoms with Crippen LogP contribution in [0.4, 0.5) is 5.95 Å². The average molecular weight is 278 g/mol. The summed E-state index contributed by atoms with van der Waals surface area (Å²) in [4.78, 5) is 11.1. The lowest BCUT2D eigenvalue weighted by molar-refractivity contribution is 0.227. The van der Waals surface area contributed by atoms with Gasteiger partial charge in [-0.1, -0.05) is 6.92 Å². The molecule has 0 saturated carbocycles. The lowest BCUT2D eigenvalue weighted by atomic mass is 10.1. The first-order valence-electron chi connectivity index (χ1n) is 7.61. The second-order valence-electron chi connectivity index (χ2n) is 5.52. The summed E-state index contributed by atoms with van der Waals surface area (Å²) < 4.78 is 5.85. The first-order chi connectivity index (χ1) is 9.70. The maximum absolute atomic E-state index is 5.85. The topological polar surface area (TPSA) is 50.3 Å². The molecule has 1 aromatic rings. The molecule has 1 unspecified atom stereocenters. The van der Waals surface area contributed by atoms with Crippen molar-refractivity contribution < 1.29 is 4.74 Å². The summed E-state index contributed by atoms with van der Waals surface area (Å²) in [5.74, 6) is 1.37. The van der Waals surface area contributed by atoms with E-state index in [9.17, 15) is 0 Å². The van der Waals surface area contributed by atoms with Gasteiger partial charge < -0.3 is 15.0 Å². The molecule has 1 atom stereocenters. The van der Waals surface area contributed by atoms with Gasteiger partial charge in [-0.05, 0) is 46.2 Å². The largest absolute Gasteiger partial charge is 0.477 e. The van der Waals surface area contributed by atoms with Crippen molar-refractivity contribution >= 4 is 5.95 Å². The summed E-state index contributed by atoms with van der Waals surface area (Å²) in [6.45, 7) is 6.93. The number of nitrogens with one attached hydrogen (secondary N) is 1. The van der Waals surface area contributed by atoms with E-state index in [-0.39, 0.29) is 0 Å². The van der Waals surface area contributed by atoms with Gasteiger partial charge in [0.25, 0.3) is 0 Å². The molecule has 2 rings (SSSR count). The maximum Gasteiger partial charge on any atom is 0.225 e. The van der Waals surface area contributed by atoms with Gasteiger partial charge in [-0.3, -0.25) is 0 Å². The van der Waals surface area contributed by atoms with Gasteiger partial charge in [0.2, 0.25) is 11.8 Å². The van der Waals surface area contributed by atoms with Gasteiger partial charge in [0.15, 0.2) is 0 Å². The predicted molar refractivity (Wildman–Crippen MR) is 81.3 cm³/mol. The van der Waals surface area contributed by atoms with Crippen LogP contribution in [0.25, 0.3) is 0 Å². The van der Waals surface area contributed by atoms with Gasteiger partial charge in [-0.2, -0.15) is 4.98 Å². The SMILES string of the molecule is CCCNc1ncc(C)c(OCCC2CCCN2C)n1. The van der Waals surface area contributed by atoms with E-state index in [1.165, 1.54) is 19.4 Å². The lowest BCUT2D eigenvalue weighted by Gasteiger charge is -2.19. The number of anilines is 1. The fraction of sp³-hybridized carbons (Fsp3) is 0.733. The maximum atomic E-state index is 5.85. The highest BCUT2D eigenvalue weighted by Gasteiger charge is 2.20. The number of hydrogen-bond donors (Lipinski definition) is 1. The minimum atomic E-state index is 0.658. The zero-order valence-corrected chi connectivity index (χ0v) is 12.9. The molecule has 1 saturated heterocycles. The van der Waals surface area contributed by atoms with Crippen molar-refractivity contribution in [3.05, 3.63) is 11.8 Å². The van der Waals surface area contributed by atoms with E-state index in [4.69, 9.17) is 4.74 Å². The molecular weight excluding hydrogens is 252 g/mol. The van der Waals surface area contributed by atoms with E-state index < -0.39 is 0 Å². The molecule has 0 bridgehead atoms. The van der Waals surface area contributed by atoms with E-state index in [0.29, 0.717) is 17.9 Å². The molecule has 5 heteroatoms. The van der Waals surface area contributed by atoms with Crippen molar-refractivity contribution in [2.75, 3.05) is 32.1 Å². The van der Waals surface area contributed by atoms with Crippen LogP contribution >= 0.6 is 0 Å². The monoisotopic (exact) mass is 278 g/mol. The van der Waals surface area contributed by atoms with Crippen LogP contribution in [0.15, 0.2) is 6.20 Å². The quantitative estimate of drug-likeness (QED) is 0.830. The number of aromatic nitrogens is 2. The molecule has 0 aromatic carbocycles. The molecule has 0 radical (unpaired) electrons. The van der Waals surface area contributed by atoms with Crippen LogP contribution in [0.3, 0.4) is 0 Å². The van der Waals surface area contributed by atoms with Crippen molar-refractivity contribution in [3.8, 4) is 5.88 Å². The summed E-state index contributed by atoms with van der Waals surface area (Å²) in [6, 6.07) is 0.662. The van der Waals surface area contributed by atoms with Crippen molar-refractivity contribution in [1.82, 2.24) is 14.9 Å². The van der Waals surface area contributed by atoms with Crippen molar-refractivity contribution in [3.63, 3.8) is 0 Å². The third kappa shape index (κ3) is 4.07. The second-order valence-corrected chi connectivity index (χ2v) is 5.52. The molecule has 0 amide bonds. The number of nitrogens with zero attached hydrogens (tertiary/aromatic N) is 3. The Bertz CT molecular complexity index is 424. The Hall–Kier alpha value is -1.36. The summed E-state index contributed by atoms with van der Waals surface area (Å²) in [5.41, 5.74) is 0.992. The third-order valence-corrected chi connectivity index (χ3v) is 3.82. The molecule has 0 aliphatic carbocycles. The van der Waals surface area contributed by atoms with Crippen LogP contribution in [0.2, 0.25) is 0 Å². The van der Waals surface area contributed by atoms with Crippen LogP contribution in [0.5, 0.6) is 5.88 Å². The van der Waals surface area contributed by atoms with Crippen molar-refractivity contribution in [2.24, 2.45) is 0 Å². The molecule has 5 nitrogen and oxygen atoms in total. The van der Waals surface area contributed by atoms with Gasteiger partial charge >= 0.3 is 0 Å². The van der Waals surface area contributed by atoms with Gasteiger partial charge in [-0.25, -0.2) is 4.98 Å². The lowest BCUT2D eigenvalue weighted by Crippen LogP contribution is -2.26. The second kappa shape index (κ2) is 7.43. The Labute approximate surface area is 121 Å². The van der Waals surface area contributed by atoms with E-state index in [1.807, 2.05) is 13.1 Å². The number of hydrogen-bond acceptors (Lipinski definition) is 5. The van der Waals surface area contributed by atoms with Crippen molar-refractivity contribution in [2.45, 2.75) is 45.6 Å².